The van der Waals surface area contributed by atoms with E-state index in [-0.39, 0.29) is 5.91 Å². The maximum absolute atomic E-state index is 13.2. The third-order valence-electron chi connectivity index (χ3n) is 5.34. The van der Waals surface area contributed by atoms with Crippen LogP contribution in [-0.4, -0.2) is 64.8 Å². The van der Waals surface area contributed by atoms with Crippen molar-refractivity contribution >= 4 is 27.3 Å². The lowest BCUT2D eigenvalue weighted by atomic mass is 10.2. The van der Waals surface area contributed by atoms with Crippen LogP contribution < -0.4 is 13.9 Å². The van der Waals surface area contributed by atoms with E-state index in [1.165, 1.54) is 4.31 Å². The van der Waals surface area contributed by atoms with Crippen molar-refractivity contribution in [1.82, 2.24) is 4.90 Å². The van der Waals surface area contributed by atoms with Crippen LogP contribution in [0.3, 0.4) is 0 Å². The molecule has 1 unspecified atom stereocenters. The van der Waals surface area contributed by atoms with Crippen molar-refractivity contribution in [2.24, 2.45) is 0 Å². The molecule has 1 amide bonds. The van der Waals surface area contributed by atoms with E-state index in [0.717, 1.165) is 23.3 Å². The molecule has 0 aromatic heterocycles. The number of hydrogen-bond acceptors (Lipinski definition) is 5. The van der Waals surface area contributed by atoms with E-state index in [4.69, 9.17) is 4.74 Å². The molecule has 0 N–H and O–H groups in total. The average molecular weight is 432 g/mol. The summed E-state index contributed by atoms with van der Waals surface area (Å²) in [5, 5.41) is 0. The number of aryl methyl sites for hydroxylation is 1. The van der Waals surface area contributed by atoms with Crippen molar-refractivity contribution in [2.45, 2.75) is 19.9 Å². The summed E-state index contributed by atoms with van der Waals surface area (Å²) in [6.45, 7) is 5.90. The SMILES string of the molecule is COc1ccccc1N1CCN(C(=O)C(C)N(c2cccc(C)c2)S(C)(=O)=O)CC1. The fourth-order valence-electron chi connectivity index (χ4n) is 3.89. The number of piperazine rings is 1. The highest BCUT2D eigenvalue weighted by atomic mass is 32.2. The molecule has 2 aromatic carbocycles. The summed E-state index contributed by atoms with van der Waals surface area (Å²) in [4.78, 5) is 17.1. The molecule has 30 heavy (non-hydrogen) atoms. The van der Waals surface area contributed by atoms with Gasteiger partial charge in [0.2, 0.25) is 15.9 Å². The quantitative estimate of drug-likeness (QED) is 0.703. The van der Waals surface area contributed by atoms with E-state index in [1.807, 2.05) is 37.3 Å². The molecule has 1 atom stereocenters. The van der Waals surface area contributed by atoms with Crippen LogP contribution in [0.15, 0.2) is 48.5 Å². The van der Waals surface area contributed by atoms with Crippen molar-refractivity contribution in [3.8, 4) is 5.75 Å². The average Bonchev–Trinajstić information content (AvgIpc) is 2.72. The highest BCUT2D eigenvalue weighted by Gasteiger charge is 2.33. The Morgan fingerprint density at radius 3 is 2.33 bits per heavy atom. The Bertz CT molecular complexity index is 1000. The minimum Gasteiger partial charge on any atom is -0.495 e. The van der Waals surface area contributed by atoms with E-state index in [0.29, 0.717) is 31.9 Å². The van der Waals surface area contributed by atoms with Crippen LogP contribution in [0.5, 0.6) is 5.75 Å². The van der Waals surface area contributed by atoms with Crippen LogP contribution >= 0.6 is 0 Å². The Kier molecular flexibility index (Phi) is 6.55. The van der Waals surface area contributed by atoms with Gasteiger partial charge in [0.05, 0.1) is 24.7 Å². The van der Waals surface area contributed by atoms with E-state index < -0.39 is 16.1 Å². The van der Waals surface area contributed by atoms with Crippen LogP contribution in [0.1, 0.15) is 12.5 Å². The van der Waals surface area contributed by atoms with Gasteiger partial charge in [-0.3, -0.25) is 9.10 Å². The first-order chi connectivity index (χ1) is 14.2. The van der Waals surface area contributed by atoms with Gasteiger partial charge in [0.25, 0.3) is 0 Å². The molecule has 7 nitrogen and oxygen atoms in total. The molecule has 0 radical (unpaired) electrons. The predicted octanol–water partition coefficient (Wildman–Crippen LogP) is 2.51. The van der Waals surface area contributed by atoms with Gasteiger partial charge in [0, 0.05) is 26.2 Å². The summed E-state index contributed by atoms with van der Waals surface area (Å²) in [6.07, 6.45) is 1.14. The number of carbonyl (C=O) groups excluding carboxylic acids is 1. The van der Waals surface area contributed by atoms with Crippen LogP contribution in [0, 0.1) is 6.92 Å². The molecule has 1 aliphatic rings. The third-order valence-corrected chi connectivity index (χ3v) is 6.58. The van der Waals surface area contributed by atoms with Crippen LogP contribution in [-0.2, 0) is 14.8 Å². The van der Waals surface area contributed by atoms with E-state index in [9.17, 15) is 13.2 Å². The number of hydrogen-bond donors (Lipinski definition) is 0. The summed E-state index contributed by atoms with van der Waals surface area (Å²) in [6, 6.07) is 14.2. The zero-order valence-electron chi connectivity index (χ0n) is 17.9. The molecule has 0 aliphatic carbocycles. The number of amides is 1. The maximum Gasteiger partial charge on any atom is 0.246 e. The fraction of sp³-hybridized carbons (Fsp3) is 0.409. The monoisotopic (exact) mass is 431 g/mol. The molecule has 3 rings (SSSR count). The summed E-state index contributed by atoms with van der Waals surface area (Å²) in [7, 11) is -1.98. The topological polar surface area (TPSA) is 70.2 Å². The normalized spacial score (nSPS) is 15.6. The molecular formula is C22H29N3O4S. The molecule has 1 aliphatic heterocycles. The number of nitrogens with zero attached hydrogens (tertiary/aromatic N) is 3. The largest absolute Gasteiger partial charge is 0.495 e. The Labute approximate surface area is 178 Å². The van der Waals surface area contributed by atoms with Crippen molar-refractivity contribution in [1.29, 1.82) is 0 Å². The van der Waals surface area contributed by atoms with Crippen LogP contribution in [0.2, 0.25) is 0 Å². The Morgan fingerprint density at radius 2 is 1.73 bits per heavy atom. The molecule has 0 saturated carbocycles. The van der Waals surface area contributed by atoms with Gasteiger partial charge < -0.3 is 14.5 Å². The van der Waals surface area contributed by atoms with Crippen molar-refractivity contribution < 1.29 is 17.9 Å². The number of ether oxygens (including phenoxy) is 1. The van der Waals surface area contributed by atoms with Gasteiger partial charge in [-0.05, 0) is 43.7 Å². The van der Waals surface area contributed by atoms with Gasteiger partial charge in [-0.25, -0.2) is 8.42 Å². The van der Waals surface area contributed by atoms with Gasteiger partial charge >= 0.3 is 0 Å². The molecule has 0 spiro atoms. The van der Waals surface area contributed by atoms with Gasteiger partial charge in [-0.2, -0.15) is 0 Å². The van der Waals surface area contributed by atoms with Gasteiger partial charge in [-0.15, -0.1) is 0 Å². The van der Waals surface area contributed by atoms with Crippen molar-refractivity contribution in [3.05, 3.63) is 54.1 Å². The molecular weight excluding hydrogens is 402 g/mol. The number of para-hydroxylation sites is 2. The second-order valence-electron chi connectivity index (χ2n) is 7.56. The zero-order valence-corrected chi connectivity index (χ0v) is 18.7. The summed E-state index contributed by atoms with van der Waals surface area (Å²) in [5.41, 5.74) is 2.44. The smallest absolute Gasteiger partial charge is 0.246 e. The number of benzene rings is 2. The fourth-order valence-corrected chi connectivity index (χ4v) is 5.05. The molecule has 1 heterocycles. The predicted molar refractivity (Wildman–Crippen MR) is 120 cm³/mol. The maximum atomic E-state index is 13.2. The minimum atomic E-state index is -3.62. The number of rotatable bonds is 6. The number of methoxy groups -OCH3 is 1. The lowest BCUT2D eigenvalue weighted by molar-refractivity contribution is -0.132. The lowest BCUT2D eigenvalue weighted by Crippen LogP contribution is -2.55. The second-order valence-corrected chi connectivity index (χ2v) is 9.42. The van der Waals surface area contributed by atoms with E-state index in [2.05, 4.69) is 4.90 Å². The van der Waals surface area contributed by atoms with E-state index >= 15 is 0 Å². The molecule has 1 fully saturated rings. The Balaban J connectivity index is 1.74. The lowest BCUT2D eigenvalue weighted by Gasteiger charge is -2.39. The zero-order chi connectivity index (χ0) is 21.9. The Morgan fingerprint density at radius 1 is 1.07 bits per heavy atom. The highest BCUT2D eigenvalue weighted by molar-refractivity contribution is 7.92. The summed E-state index contributed by atoms with van der Waals surface area (Å²) < 4.78 is 31.7. The molecule has 0 bridgehead atoms. The van der Waals surface area contributed by atoms with Gasteiger partial charge in [-0.1, -0.05) is 24.3 Å². The minimum absolute atomic E-state index is 0.193. The highest BCUT2D eigenvalue weighted by Crippen LogP contribution is 2.29. The third kappa shape index (κ3) is 4.70. The van der Waals surface area contributed by atoms with E-state index in [1.54, 1.807) is 37.1 Å². The Hall–Kier alpha value is -2.74. The van der Waals surface area contributed by atoms with Crippen molar-refractivity contribution in [2.75, 3.05) is 48.7 Å². The van der Waals surface area contributed by atoms with Gasteiger partial charge in [0.15, 0.2) is 0 Å². The first-order valence-electron chi connectivity index (χ1n) is 9.95. The number of sulfonamides is 1. The first-order valence-corrected chi connectivity index (χ1v) is 11.8. The standard InChI is InChI=1S/C22H29N3O4S/c1-17-8-7-9-19(16-17)25(30(4,27)28)18(2)22(26)24-14-12-23(13-15-24)20-10-5-6-11-21(20)29-3/h5-11,16,18H,12-15H2,1-4H3. The van der Waals surface area contributed by atoms with Crippen LogP contribution in [0.25, 0.3) is 0 Å². The molecule has 1 saturated heterocycles. The van der Waals surface area contributed by atoms with Gasteiger partial charge in [0.1, 0.15) is 11.8 Å². The summed E-state index contributed by atoms with van der Waals surface area (Å²) >= 11 is 0. The number of carbonyl (C=O) groups is 1. The van der Waals surface area contributed by atoms with Crippen LogP contribution in [0.4, 0.5) is 11.4 Å². The summed E-state index contributed by atoms with van der Waals surface area (Å²) in [5.74, 6) is 0.606. The molecule has 2 aromatic rings. The second kappa shape index (κ2) is 8.95. The molecule has 8 heteroatoms. The van der Waals surface area contributed by atoms with Crippen molar-refractivity contribution in [3.63, 3.8) is 0 Å². The number of anilines is 2. The molecule has 162 valence electrons. The first kappa shape index (κ1) is 22.0.